The maximum Gasteiger partial charge on any atom is 0.223 e. The molecule has 0 saturated carbocycles. The molecule has 1 heterocycles. The van der Waals surface area contributed by atoms with Crippen molar-refractivity contribution in [1.82, 2.24) is 4.90 Å². The first kappa shape index (κ1) is 8.59. The summed E-state index contributed by atoms with van der Waals surface area (Å²) in [4.78, 5) is 23.3. The second kappa shape index (κ2) is 3.26. The highest BCUT2D eigenvalue weighted by molar-refractivity contribution is 8.14. The van der Waals surface area contributed by atoms with Crippen molar-refractivity contribution in [3.8, 4) is 0 Å². The van der Waals surface area contributed by atoms with Crippen LogP contribution in [0.15, 0.2) is 0 Å². The van der Waals surface area contributed by atoms with Gasteiger partial charge in [-0.05, 0) is 0 Å². The summed E-state index contributed by atoms with van der Waals surface area (Å²) in [7, 11) is 1.77. The van der Waals surface area contributed by atoms with Crippen LogP contribution in [-0.4, -0.2) is 34.8 Å². The molecule has 1 fully saturated rings. The van der Waals surface area contributed by atoms with Crippen LogP contribution in [0.5, 0.6) is 0 Å². The Kier molecular flexibility index (Phi) is 2.54. The van der Waals surface area contributed by atoms with Gasteiger partial charge in [0.25, 0.3) is 0 Å². The average Bonchev–Trinajstić information content (AvgIpc) is 2.10. The van der Waals surface area contributed by atoms with E-state index >= 15 is 0 Å². The van der Waals surface area contributed by atoms with E-state index in [1.165, 1.54) is 18.7 Å². The van der Waals surface area contributed by atoms with Crippen LogP contribution in [-0.2, 0) is 9.59 Å². The molecule has 0 spiro atoms. The molecule has 0 aromatic carbocycles. The molecule has 0 aliphatic carbocycles. The highest BCUT2D eigenvalue weighted by Gasteiger charge is 2.27. The van der Waals surface area contributed by atoms with E-state index in [-0.39, 0.29) is 16.3 Å². The molecule has 1 rings (SSSR count). The van der Waals surface area contributed by atoms with Crippen molar-refractivity contribution in [3.05, 3.63) is 0 Å². The third kappa shape index (κ3) is 2.22. The van der Waals surface area contributed by atoms with E-state index in [2.05, 4.69) is 0 Å². The van der Waals surface area contributed by atoms with Crippen molar-refractivity contribution in [2.24, 2.45) is 0 Å². The summed E-state index contributed by atoms with van der Waals surface area (Å²) in [6.45, 7) is 2.25. The summed E-state index contributed by atoms with van der Waals surface area (Å²) < 4.78 is 0. The fraction of sp³-hybridized carbons (Fsp3) is 0.714. The van der Waals surface area contributed by atoms with Crippen LogP contribution in [0.4, 0.5) is 0 Å². The van der Waals surface area contributed by atoms with Gasteiger partial charge in [-0.15, -0.1) is 0 Å². The molecule has 1 saturated heterocycles. The molecule has 1 aliphatic heterocycles. The smallest absolute Gasteiger partial charge is 0.223 e. The molecule has 0 aromatic heterocycles. The first-order chi connectivity index (χ1) is 5.09. The molecular weight excluding hydrogens is 162 g/mol. The molecule has 1 aliphatic rings. The van der Waals surface area contributed by atoms with Gasteiger partial charge in [0.15, 0.2) is 5.12 Å². The minimum Gasteiger partial charge on any atom is -0.345 e. The van der Waals surface area contributed by atoms with Crippen LogP contribution >= 0.6 is 11.8 Å². The minimum atomic E-state index is 0.0955. The van der Waals surface area contributed by atoms with Crippen LogP contribution in [0.1, 0.15) is 13.3 Å². The number of carbonyl (C=O) groups is 2. The lowest BCUT2D eigenvalue weighted by Gasteiger charge is -2.07. The molecule has 3 nitrogen and oxygen atoms in total. The second-order valence-corrected chi connectivity index (χ2v) is 4.19. The molecule has 1 atom stereocenters. The number of rotatable bonds is 1. The number of thioether (sulfide) groups is 1. The van der Waals surface area contributed by atoms with E-state index in [1.807, 2.05) is 0 Å². The van der Waals surface area contributed by atoms with Gasteiger partial charge in [-0.1, -0.05) is 11.8 Å². The van der Waals surface area contributed by atoms with Gasteiger partial charge >= 0.3 is 0 Å². The number of hydrogen-bond acceptors (Lipinski definition) is 3. The first-order valence-electron chi connectivity index (χ1n) is 3.51. The fourth-order valence-corrected chi connectivity index (χ4v) is 2.13. The molecule has 1 amide bonds. The quantitative estimate of drug-likeness (QED) is 0.579. The lowest BCUT2D eigenvalue weighted by molar-refractivity contribution is -0.126. The van der Waals surface area contributed by atoms with Gasteiger partial charge < -0.3 is 4.90 Å². The van der Waals surface area contributed by atoms with Gasteiger partial charge in [-0.25, -0.2) is 0 Å². The molecule has 1 unspecified atom stereocenters. The Labute approximate surface area is 70.1 Å². The summed E-state index contributed by atoms with van der Waals surface area (Å²) >= 11 is 1.27. The Morgan fingerprint density at radius 2 is 2.36 bits per heavy atom. The van der Waals surface area contributed by atoms with Gasteiger partial charge in [0.1, 0.15) is 0 Å². The summed E-state index contributed by atoms with van der Waals surface area (Å²) in [5.74, 6) is 0.142. The third-order valence-corrected chi connectivity index (χ3v) is 2.62. The van der Waals surface area contributed by atoms with Gasteiger partial charge in [0.05, 0.1) is 0 Å². The maximum atomic E-state index is 11.0. The molecule has 4 heteroatoms. The Morgan fingerprint density at radius 3 is 2.73 bits per heavy atom. The zero-order valence-corrected chi connectivity index (χ0v) is 7.48. The lowest BCUT2D eigenvalue weighted by Crippen LogP contribution is -2.19. The van der Waals surface area contributed by atoms with Gasteiger partial charge in [-0.3, -0.25) is 9.59 Å². The largest absolute Gasteiger partial charge is 0.345 e. The van der Waals surface area contributed by atoms with Crippen molar-refractivity contribution < 1.29 is 9.59 Å². The second-order valence-electron chi connectivity index (χ2n) is 2.71. The topological polar surface area (TPSA) is 37.4 Å². The zero-order valence-electron chi connectivity index (χ0n) is 6.66. The first-order valence-corrected chi connectivity index (χ1v) is 4.38. The van der Waals surface area contributed by atoms with E-state index < -0.39 is 0 Å². The Balaban J connectivity index is 2.41. The van der Waals surface area contributed by atoms with Gasteiger partial charge in [0.2, 0.25) is 5.91 Å². The molecule has 62 valence electrons. The van der Waals surface area contributed by atoms with Crippen LogP contribution in [0, 0.1) is 0 Å². The summed E-state index contributed by atoms with van der Waals surface area (Å²) in [5, 5.41) is 0.281. The molecule has 0 aromatic rings. The van der Waals surface area contributed by atoms with Gasteiger partial charge in [-0.2, -0.15) is 0 Å². The number of likely N-dealkylation sites (tertiary alicyclic amines) is 1. The summed E-state index contributed by atoms with van der Waals surface area (Å²) in [6, 6.07) is 0. The van der Waals surface area contributed by atoms with Crippen LogP contribution in [0.25, 0.3) is 0 Å². The monoisotopic (exact) mass is 173 g/mol. The summed E-state index contributed by atoms with van der Waals surface area (Å²) in [5.41, 5.74) is 0. The SMILES string of the molecule is CC(=O)SC1CC(=O)N(C)C1. The average molecular weight is 173 g/mol. The van der Waals surface area contributed by atoms with E-state index in [4.69, 9.17) is 0 Å². The van der Waals surface area contributed by atoms with E-state index in [0.29, 0.717) is 13.0 Å². The van der Waals surface area contributed by atoms with Crippen LogP contribution in [0.2, 0.25) is 0 Å². The molecule has 0 bridgehead atoms. The number of amides is 1. The van der Waals surface area contributed by atoms with Crippen molar-refractivity contribution in [2.45, 2.75) is 18.6 Å². The molecule has 0 radical (unpaired) electrons. The Hall–Kier alpha value is -0.510. The standard InChI is InChI=1S/C7H11NO2S/c1-5(9)11-6-3-7(10)8(2)4-6/h6H,3-4H2,1-2H3. The van der Waals surface area contributed by atoms with E-state index in [1.54, 1.807) is 11.9 Å². The predicted molar refractivity (Wildman–Crippen MR) is 44.3 cm³/mol. The third-order valence-electron chi connectivity index (χ3n) is 1.64. The predicted octanol–water partition coefficient (Wildman–Crippen LogP) is 0.497. The van der Waals surface area contributed by atoms with Crippen molar-refractivity contribution in [1.29, 1.82) is 0 Å². The van der Waals surface area contributed by atoms with E-state index in [0.717, 1.165) is 0 Å². The zero-order chi connectivity index (χ0) is 8.43. The highest BCUT2D eigenvalue weighted by atomic mass is 32.2. The number of nitrogens with zero attached hydrogens (tertiary/aromatic N) is 1. The van der Waals surface area contributed by atoms with E-state index in [9.17, 15) is 9.59 Å². The Bertz CT molecular complexity index is 191. The fourth-order valence-electron chi connectivity index (χ4n) is 1.14. The Morgan fingerprint density at radius 1 is 1.73 bits per heavy atom. The van der Waals surface area contributed by atoms with Crippen LogP contribution in [0.3, 0.4) is 0 Å². The van der Waals surface area contributed by atoms with Gasteiger partial charge in [0, 0.05) is 32.2 Å². The maximum absolute atomic E-state index is 11.0. The van der Waals surface area contributed by atoms with Crippen molar-refractivity contribution >= 4 is 22.8 Å². The highest BCUT2D eigenvalue weighted by Crippen LogP contribution is 2.22. The normalized spacial score (nSPS) is 24.4. The lowest BCUT2D eigenvalue weighted by atomic mass is 10.4. The minimum absolute atomic E-state index is 0.0955. The molecule has 11 heavy (non-hydrogen) atoms. The molecular formula is C7H11NO2S. The van der Waals surface area contributed by atoms with Crippen LogP contribution < -0.4 is 0 Å². The molecule has 0 N–H and O–H groups in total. The summed E-state index contributed by atoms with van der Waals surface area (Å²) in [6.07, 6.45) is 0.515. The number of hydrogen-bond donors (Lipinski definition) is 0. The number of carbonyl (C=O) groups excluding carboxylic acids is 2. The van der Waals surface area contributed by atoms with Crippen molar-refractivity contribution in [3.63, 3.8) is 0 Å². The van der Waals surface area contributed by atoms with Crippen molar-refractivity contribution in [2.75, 3.05) is 13.6 Å².